The minimum atomic E-state index is -2.92. The van der Waals surface area contributed by atoms with Crippen molar-refractivity contribution < 1.29 is 13.2 Å². The molecule has 1 atom stereocenters. The number of ether oxygens (including phenoxy) is 1. The maximum Gasteiger partial charge on any atom is 0.152 e. The highest BCUT2D eigenvalue weighted by Crippen LogP contribution is 2.19. The monoisotopic (exact) mass is 362 g/mol. The third-order valence-electron chi connectivity index (χ3n) is 4.06. The van der Waals surface area contributed by atoms with Gasteiger partial charge in [-0.05, 0) is 31.0 Å². The maximum absolute atomic E-state index is 11.6. The van der Waals surface area contributed by atoms with E-state index in [1.165, 1.54) is 0 Å². The molecule has 1 aliphatic heterocycles. The fraction of sp³-hybridized carbons (Fsp3) is 0.412. The number of nitrogens with zero attached hydrogens (tertiary/aromatic N) is 2. The molecule has 25 heavy (non-hydrogen) atoms. The highest BCUT2D eigenvalue weighted by atomic mass is 32.2. The van der Waals surface area contributed by atoms with E-state index >= 15 is 0 Å². The molecular weight excluding hydrogens is 340 g/mol. The van der Waals surface area contributed by atoms with Gasteiger partial charge in [-0.1, -0.05) is 12.1 Å². The van der Waals surface area contributed by atoms with Crippen LogP contribution in [0.3, 0.4) is 0 Å². The van der Waals surface area contributed by atoms with E-state index in [2.05, 4.69) is 20.6 Å². The van der Waals surface area contributed by atoms with Gasteiger partial charge in [-0.3, -0.25) is 0 Å². The lowest BCUT2D eigenvalue weighted by Crippen LogP contribution is -2.21. The number of methoxy groups -OCH3 is 1. The van der Waals surface area contributed by atoms with Gasteiger partial charge >= 0.3 is 0 Å². The molecular formula is C17H22N4O3S. The molecule has 2 aromatic rings. The van der Waals surface area contributed by atoms with E-state index in [0.717, 1.165) is 11.3 Å². The van der Waals surface area contributed by atoms with Crippen molar-refractivity contribution >= 4 is 21.5 Å². The van der Waals surface area contributed by atoms with Gasteiger partial charge in [0.05, 0.1) is 18.6 Å². The fourth-order valence-corrected chi connectivity index (χ4v) is 4.46. The number of anilines is 2. The summed E-state index contributed by atoms with van der Waals surface area (Å²) >= 11 is 0. The number of aromatic nitrogens is 2. The van der Waals surface area contributed by atoms with E-state index in [-0.39, 0.29) is 17.5 Å². The smallest absolute Gasteiger partial charge is 0.152 e. The molecule has 1 saturated heterocycles. The third-order valence-corrected chi connectivity index (χ3v) is 5.82. The van der Waals surface area contributed by atoms with Crippen LogP contribution in [0, 0.1) is 6.92 Å². The standard InChI is InChI=1S/C17H22N4O3S/c1-12-19-16(18-10-13-3-5-15(24-2)6-4-13)9-17(20-12)21-14-7-8-25(22,23)11-14/h3-6,9,14H,7-8,10-11H2,1-2H3,(H2,18,19,20,21). The van der Waals surface area contributed by atoms with Crippen LogP contribution in [-0.2, 0) is 16.4 Å². The Bertz CT molecular complexity index is 837. The number of rotatable bonds is 6. The Balaban J connectivity index is 1.64. The molecule has 3 rings (SSSR count). The van der Waals surface area contributed by atoms with Crippen LogP contribution in [0.5, 0.6) is 5.75 Å². The Morgan fingerprint density at radius 3 is 2.56 bits per heavy atom. The second-order valence-electron chi connectivity index (χ2n) is 6.13. The molecule has 2 heterocycles. The van der Waals surface area contributed by atoms with Crippen molar-refractivity contribution in [2.75, 3.05) is 29.2 Å². The zero-order valence-electron chi connectivity index (χ0n) is 14.3. The number of sulfone groups is 1. The van der Waals surface area contributed by atoms with Gasteiger partial charge in [0.1, 0.15) is 23.2 Å². The molecule has 0 aliphatic carbocycles. The number of nitrogens with one attached hydrogen (secondary N) is 2. The van der Waals surface area contributed by atoms with Crippen molar-refractivity contribution in [3.05, 3.63) is 41.7 Å². The summed E-state index contributed by atoms with van der Waals surface area (Å²) in [4.78, 5) is 8.73. The first-order valence-corrected chi connectivity index (χ1v) is 9.95. The van der Waals surface area contributed by atoms with Gasteiger partial charge in [-0.15, -0.1) is 0 Å². The van der Waals surface area contributed by atoms with Gasteiger partial charge < -0.3 is 15.4 Å². The SMILES string of the molecule is COc1ccc(CNc2cc(NC3CCS(=O)(=O)C3)nc(C)n2)cc1. The molecule has 0 radical (unpaired) electrons. The van der Waals surface area contributed by atoms with Crippen LogP contribution in [0.25, 0.3) is 0 Å². The average molecular weight is 362 g/mol. The van der Waals surface area contributed by atoms with E-state index in [9.17, 15) is 8.42 Å². The first kappa shape index (κ1) is 17.5. The van der Waals surface area contributed by atoms with Crippen LogP contribution in [0.15, 0.2) is 30.3 Å². The lowest BCUT2D eigenvalue weighted by atomic mass is 10.2. The van der Waals surface area contributed by atoms with Gasteiger partial charge in [0.2, 0.25) is 0 Å². The van der Waals surface area contributed by atoms with Crippen molar-refractivity contribution in [1.82, 2.24) is 9.97 Å². The lowest BCUT2D eigenvalue weighted by molar-refractivity contribution is 0.414. The number of hydrogen-bond donors (Lipinski definition) is 2. The van der Waals surface area contributed by atoms with Gasteiger partial charge in [0.25, 0.3) is 0 Å². The molecule has 7 nitrogen and oxygen atoms in total. The minimum Gasteiger partial charge on any atom is -0.497 e. The van der Waals surface area contributed by atoms with E-state index in [1.54, 1.807) is 7.11 Å². The molecule has 0 spiro atoms. The van der Waals surface area contributed by atoms with E-state index < -0.39 is 9.84 Å². The molecule has 0 amide bonds. The van der Waals surface area contributed by atoms with E-state index in [4.69, 9.17) is 4.74 Å². The third kappa shape index (κ3) is 4.82. The Labute approximate surface area is 147 Å². The summed E-state index contributed by atoms with van der Waals surface area (Å²) in [6, 6.07) is 9.52. The Morgan fingerprint density at radius 2 is 1.92 bits per heavy atom. The van der Waals surface area contributed by atoms with Gasteiger partial charge in [0.15, 0.2) is 9.84 Å². The van der Waals surface area contributed by atoms with Crippen molar-refractivity contribution in [1.29, 1.82) is 0 Å². The zero-order chi connectivity index (χ0) is 17.9. The summed E-state index contributed by atoms with van der Waals surface area (Å²) in [6.07, 6.45) is 0.611. The molecule has 1 fully saturated rings. The lowest BCUT2D eigenvalue weighted by Gasteiger charge is -2.14. The van der Waals surface area contributed by atoms with Crippen LogP contribution in [0.4, 0.5) is 11.6 Å². The first-order valence-electron chi connectivity index (χ1n) is 8.13. The van der Waals surface area contributed by atoms with Crippen LogP contribution >= 0.6 is 0 Å². The highest BCUT2D eigenvalue weighted by Gasteiger charge is 2.28. The molecule has 1 aromatic carbocycles. The van der Waals surface area contributed by atoms with Crippen molar-refractivity contribution in [2.24, 2.45) is 0 Å². The van der Waals surface area contributed by atoms with Gasteiger partial charge in [0, 0.05) is 18.7 Å². The molecule has 1 unspecified atom stereocenters. The summed E-state index contributed by atoms with van der Waals surface area (Å²) < 4.78 is 28.3. The van der Waals surface area contributed by atoms with Crippen LogP contribution in [0.1, 0.15) is 17.8 Å². The number of hydrogen-bond acceptors (Lipinski definition) is 7. The Kier molecular flexibility index (Phi) is 5.08. The largest absolute Gasteiger partial charge is 0.497 e. The van der Waals surface area contributed by atoms with Crippen molar-refractivity contribution in [3.63, 3.8) is 0 Å². The fourth-order valence-electron chi connectivity index (χ4n) is 2.79. The molecule has 2 N–H and O–H groups in total. The zero-order valence-corrected chi connectivity index (χ0v) is 15.1. The van der Waals surface area contributed by atoms with E-state index in [1.807, 2.05) is 37.3 Å². The predicted molar refractivity (Wildman–Crippen MR) is 97.8 cm³/mol. The highest BCUT2D eigenvalue weighted by molar-refractivity contribution is 7.91. The van der Waals surface area contributed by atoms with Gasteiger partial charge in [-0.2, -0.15) is 0 Å². The summed E-state index contributed by atoms with van der Waals surface area (Å²) in [5.74, 6) is 3.18. The van der Waals surface area contributed by atoms with Crippen LogP contribution in [-0.4, -0.2) is 43.0 Å². The van der Waals surface area contributed by atoms with Crippen LogP contribution in [0.2, 0.25) is 0 Å². The molecule has 8 heteroatoms. The summed E-state index contributed by atoms with van der Waals surface area (Å²) in [6.45, 7) is 2.44. The quantitative estimate of drug-likeness (QED) is 0.812. The van der Waals surface area contributed by atoms with Crippen LogP contribution < -0.4 is 15.4 Å². The van der Waals surface area contributed by atoms with Crippen molar-refractivity contribution in [3.8, 4) is 5.75 Å². The number of benzene rings is 1. The number of aryl methyl sites for hydroxylation is 1. The molecule has 0 bridgehead atoms. The molecule has 0 saturated carbocycles. The summed E-state index contributed by atoms with van der Waals surface area (Å²) in [7, 11) is -1.28. The molecule has 1 aromatic heterocycles. The first-order chi connectivity index (χ1) is 11.9. The topological polar surface area (TPSA) is 93.2 Å². The normalized spacial score (nSPS) is 18.7. The predicted octanol–water partition coefficient (Wildman–Crippen LogP) is 2.00. The average Bonchev–Trinajstić information content (AvgIpc) is 2.91. The summed E-state index contributed by atoms with van der Waals surface area (Å²) in [5.41, 5.74) is 1.11. The molecule has 134 valence electrons. The minimum absolute atomic E-state index is 0.0891. The van der Waals surface area contributed by atoms with E-state index in [0.29, 0.717) is 30.4 Å². The molecule has 1 aliphatic rings. The Hall–Kier alpha value is -2.35. The maximum atomic E-state index is 11.6. The summed E-state index contributed by atoms with van der Waals surface area (Å²) in [5, 5.41) is 6.47. The Morgan fingerprint density at radius 1 is 1.20 bits per heavy atom. The second-order valence-corrected chi connectivity index (χ2v) is 8.36. The second kappa shape index (κ2) is 7.26. The van der Waals surface area contributed by atoms with Gasteiger partial charge in [-0.25, -0.2) is 18.4 Å². The van der Waals surface area contributed by atoms with Crippen molar-refractivity contribution in [2.45, 2.75) is 25.9 Å².